The molecule has 198 valence electrons. The van der Waals surface area contributed by atoms with Gasteiger partial charge in [-0.1, -0.05) is 19.1 Å². The van der Waals surface area contributed by atoms with Crippen LogP contribution in [-0.2, 0) is 34.4 Å². The number of benzene rings is 1. The van der Waals surface area contributed by atoms with Crippen LogP contribution in [0.2, 0.25) is 0 Å². The van der Waals surface area contributed by atoms with Crippen LogP contribution in [-0.4, -0.2) is 59.9 Å². The lowest BCUT2D eigenvalue weighted by Gasteiger charge is -2.28. The summed E-state index contributed by atoms with van der Waals surface area (Å²) in [5, 5.41) is 4.28. The fourth-order valence-corrected chi connectivity index (χ4v) is 5.21. The highest BCUT2D eigenvalue weighted by molar-refractivity contribution is 7.99. The smallest absolute Gasteiger partial charge is 0.380 e. The van der Waals surface area contributed by atoms with Crippen molar-refractivity contribution in [3.8, 4) is 0 Å². The summed E-state index contributed by atoms with van der Waals surface area (Å²) >= 11 is 2.01. The Morgan fingerprint density at radius 1 is 1.33 bits per heavy atom. The van der Waals surface area contributed by atoms with E-state index in [-0.39, 0.29) is 6.54 Å². The highest BCUT2D eigenvalue weighted by Crippen LogP contribution is 2.32. The largest absolute Gasteiger partial charge is 0.416 e. The molecule has 10 heteroatoms. The molecule has 2 aromatic rings. The maximum Gasteiger partial charge on any atom is 0.416 e. The zero-order chi connectivity index (χ0) is 26.0. The topological polar surface area (TPSA) is 80.5 Å². The molecule has 3 N–H and O–H groups in total. The third-order valence-corrected chi connectivity index (χ3v) is 7.70. The number of pyridine rings is 1. The summed E-state index contributed by atoms with van der Waals surface area (Å²) in [5.74, 6) is 0.584. The first kappa shape index (κ1) is 28.4. The van der Waals surface area contributed by atoms with Gasteiger partial charge in [0, 0.05) is 55.7 Å². The average Bonchev–Trinajstić information content (AvgIpc) is 3.37. The van der Waals surface area contributed by atoms with Gasteiger partial charge in [-0.3, -0.25) is 14.7 Å². The van der Waals surface area contributed by atoms with E-state index in [1.807, 2.05) is 30.2 Å². The Hall–Kier alpha value is -2.14. The SMILES string of the molecule is CCC(CNC1CCOC1)SCc1cccnc1.NC(=O)CN1CCc2ccc(C(F)(F)F)cc2C1. The Morgan fingerprint density at radius 3 is 2.81 bits per heavy atom. The van der Waals surface area contributed by atoms with Crippen LogP contribution < -0.4 is 11.1 Å². The minimum absolute atomic E-state index is 0.0791. The molecule has 0 radical (unpaired) electrons. The Balaban J connectivity index is 0.000000201. The van der Waals surface area contributed by atoms with Gasteiger partial charge in [0.05, 0.1) is 18.7 Å². The zero-order valence-electron chi connectivity index (χ0n) is 20.6. The Morgan fingerprint density at radius 2 is 2.17 bits per heavy atom. The van der Waals surface area contributed by atoms with Gasteiger partial charge in [-0.05, 0) is 54.2 Å². The van der Waals surface area contributed by atoms with E-state index in [9.17, 15) is 18.0 Å². The second-order valence-electron chi connectivity index (χ2n) is 9.08. The lowest BCUT2D eigenvalue weighted by molar-refractivity contribution is -0.137. The Kier molecular flexibility index (Phi) is 11.0. The van der Waals surface area contributed by atoms with Crippen molar-refractivity contribution in [2.24, 2.45) is 5.73 Å². The third kappa shape index (κ3) is 9.38. The number of carbonyl (C=O) groups is 1. The molecular formula is C26H35F3N4O2S. The van der Waals surface area contributed by atoms with E-state index in [0.29, 0.717) is 36.4 Å². The molecule has 2 atom stereocenters. The number of nitrogens with one attached hydrogen (secondary N) is 1. The fourth-order valence-electron chi connectivity index (χ4n) is 4.16. The first-order valence-electron chi connectivity index (χ1n) is 12.3. The van der Waals surface area contributed by atoms with E-state index in [2.05, 4.69) is 23.3 Å². The van der Waals surface area contributed by atoms with Crippen molar-refractivity contribution in [1.29, 1.82) is 0 Å². The summed E-state index contributed by atoms with van der Waals surface area (Å²) in [6.07, 6.45) is 2.45. The summed E-state index contributed by atoms with van der Waals surface area (Å²) in [5.41, 5.74) is 7.27. The molecular weight excluding hydrogens is 489 g/mol. The number of thioether (sulfide) groups is 1. The molecule has 4 rings (SSSR count). The second-order valence-corrected chi connectivity index (χ2v) is 10.4. The number of alkyl halides is 3. The highest BCUT2D eigenvalue weighted by atomic mass is 32.2. The Labute approximate surface area is 215 Å². The van der Waals surface area contributed by atoms with Crippen LogP contribution in [0.4, 0.5) is 13.2 Å². The van der Waals surface area contributed by atoms with Crippen molar-refractivity contribution in [3.63, 3.8) is 0 Å². The number of aromatic nitrogens is 1. The molecule has 0 saturated carbocycles. The van der Waals surface area contributed by atoms with E-state index in [4.69, 9.17) is 10.5 Å². The molecule has 1 aromatic heterocycles. The monoisotopic (exact) mass is 524 g/mol. The van der Waals surface area contributed by atoms with Gasteiger partial charge in [-0.25, -0.2) is 0 Å². The summed E-state index contributed by atoms with van der Waals surface area (Å²) in [7, 11) is 0. The molecule has 1 saturated heterocycles. The summed E-state index contributed by atoms with van der Waals surface area (Å²) in [6, 6.07) is 8.49. The van der Waals surface area contributed by atoms with E-state index in [1.54, 1.807) is 4.90 Å². The third-order valence-electron chi connectivity index (χ3n) is 6.23. The molecule has 36 heavy (non-hydrogen) atoms. The molecule has 0 spiro atoms. The summed E-state index contributed by atoms with van der Waals surface area (Å²) in [4.78, 5) is 16.7. The number of nitrogens with zero attached hydrogens (tertiary/aromatic N) is 2. The van der Waals surface area contributed by atoms with Crippen molar-refractivity contribution < 1.29 is 22.7 Å². The van der Waals surface area contributed by atoms with E-state index < -0.39 is 17.6 Å². The number of fused-ring (bicyclic) bond motifs is 1. The zero-order valence-corrected chi connectivity index (χ0v) is 21.4. The van der Waals surface area contributed by atoms with E-state index >= 15 is 0 Å². The standard InChI is InChI=1S/C14H22N2OS.C12H13F3N2O/c1-2-14(9-16-13-5-7-17-10-13)18-11-12-4-3-6-15-8-12;13-12(14,15)10-2-1-8-3-4-17(7-11(16)18)6-9(8)5-10/h3-4,6,8,13-14,16H,2,5,7,9-11H2,1H3;1-2,5H,3-4,6-7H2,(H2,16,18). The average molecular weight is 525 g/mol. The predicted octanol–water partition coefficient (Wildman–Crippen LogP) is 4.02. The normalized spacial score (nSPS) is 18.7. The molecule has 1 fully saturated rings. The number of hydrogen-bond acceptors (Lipinski definition) is 6. The van der Waals surface area contributed by atoms with Crippen molar-refractivity contribution in [3.05, 3.63) is 65.0 Å². The molecule has 0 aliphatic carbocycles. The van der Waals surface area contributed by atoms with Crippen LogP contribution in [0.15, 0.2) is 42.7 Å². The summed E-state index contributed by atoms with van der Waals surface area (Å²) in [6.45, 7) is 6.18. The maximum atomic E-state index is 12.6. The van der Waals surface area contributed by atoms with Gasteiger partial charge in [-0.15, -0.1) is 0 Å². The van der Waals surface area contributed by atoms with Crippen LogP contribution in [0.5, 0.6) is 0 Å². The van der Waals surface area contributed by atoms with Gasteiger partial charge >= 0.3 is 6.18 Å². The first-order valence-corrected chi connectivity index (χ1v) is 13.3. The number of amides is 1. The molecule has 0 bridgehead atoms. The second kappa shape index (κ2) is 14.0. The summed E-state index contributed by atoms with van der Waals surface area (Å²) < 4.78 is 43.1. The van der Waals surface area contributed by atoms with E-state index in [1.165, 1.54) is 18.1 Å². The fraction of sp³-hybridized carbons (Fsp3) is 0.538. The molecule has 2 aliphatic rings. The molecule has 2 unspecified atom stereocenters. The van der Waals surface area contributed by atoms with Crippen molar-refractivity contribution in [2.45, 2.75) is 56.0 Å². The van der Waals surface area contributed by atoms with Gasteiger partial charge in [0.1, 0.15) is 0 Å². The number of rotatable bonds is 9. The minimum Gasteiger partial charge on any atom is -0.380 e. The maximum absolute atomic E-state index is 12.6. The van der Waals surface area contributed by atoms with Gasteiger partial charge in [-0.2, -0.15) is 24.9 Å². The lowest BCUT2D eigenvalue weighted by atomic mass is 9.97. The quantitative estimate of drug-likeness (QED) is 0.516. The van der Waals surface area contributed by atoms with Gasteiger partial charge < -0.3 is 15.8 Å². The Bertz CT molecular complexity index is 956. The van der Waals surface area contributed by atoms with Gasteiger partial charge in [0.2, 0.25) is 5.91 Å². The number of hydrogen-bond donors (Lipinski definition) is 2. The van der Waals surface area contributed by atoms with Gasteiger partial charge in [0.15, 0.2) is 0 Å². The van der Waals surface area contributed by atoms with Crippen LogP contribution in [0.3, 0.4) is 0 Å². The van der Waals surface area contributed by atoms with E-state index in [0.717, 1.165) is 49.6 Å². The highest BCUT2D eigenvalue weighted by Gasteiger charge is 2.31. The molecule has 6 nitrogen and oxygen atoms in total. The van der Waals surface area contributed by atoms with Crippen molar-refractivity contribution >= 4 is 17.7 Å². The minimum atomic E-state index is -4.33. The van der Waals surface area contributed by atoms with Crippen LogP contribution in [0.1, 0.15) is 42.0 Å². The number of carbonyl (C=O) groups excluding carboxylic acids is 1. The molecule has 3 heterocycles. The predicted molar refractivity (Wildman–Crippen MR) is 136 cm³/mol. The number of ether oxygens (including phenoxy) is 1. The van der Waals surface area contributed by atoms with Crippen LogP contribution >= 0.6 is 11.8 Å². The van der Waals surface area contributed by atoms with Crippen molar-refractivity contribution in [1.82, 2.24) is 15.2 Å². The molecule has 2 aliphatic heterocycles. The first-order chi connectivity index (χ1) is 17.2. The van der Waals surface area contributed by atoms with Gasteiger partial charge in [0.25, 0.3) is 0 Å². The lowest BCUT2D eigenvalue weighted by Crippen LogP contribution is -2.37. The number of halogens is 3. The van der Waals surface area contributed by atoms with Crippen molar-refractivity contribution in [2.75, 3.05) is 32.8 Å². The number of primary amides is 1. The molecule has 1 aromatic carbocycles. The number of nitrogens with two attached hydrogens (primary N) is 1. The van der Waals surface area contributed by atoms with Crippen LogP contribution in [0.25, 0.3) is 0 Å². The molecule has 1 amide bonds. The van der Waals surface area contributed by atoms with Crippen LogP contribution in [0, 0.1) is 0 Å².